The van der Waals surface area contributed by atoms with Gasteiger partial charge in [0.15, 0.2) is 0 Å². The lowest BCUT2D eigenvalue weighted by atomic mass is 9.81. The van der Waals surface area contributed by atoms with Gasteiger partial charge in [0.1, 0.15) is 0 Å². The van der Waals surface area contributed by atoms with Gasteiger partial charge >= 0.3 is 0 Å². The van der Waals surface area contributed by atoms with Crippen LogP contribution in [0.25, 0.3) is 11.1 Å². The molecule has 0 radical (unpaired) electrons. The van der Waals surface area contributed by atoms with Crippen LogP contribution in [0.5, 0.6) is 0 Å². The number of nitrogens with zero attached hydrogens (tertiary/aromatic N) is 1. The SMILES string of the molecule is Cc1ccc(-c2cncc(C(=O)NCC3(C)CCNCC3)c2)cc1. The molecule has 0 bridgehead atoms. The number of aryl methyl sites for hydroxylation is 1. The highest BCUT2D eigenvalue weighted by molar-refractivity contribution is 5.95. The molecule has 1 aliphatic heterocycles. The summed E-state index contributed by atoms with van der Waals surface area (Å²) in [6.07, 6.45) is 5.62. The number of aromatic nitrogens is 1. The minimum Gasteiger partial charge on any atom is -0.351 e. The van der Waals surface area contributed by atoms with Crippen LogP contribution in [0.1, 0.15) is 35.7 Å². The predicted molar refractivity (Wildman–Crippen MR) is 97.0 cm³/mol. The number of carbonyl (C=O) groups excluding carboxylic acids is 1. The molecule has 126 valence electrons. The van der Waals surface area contributed by atoms with E-state index in [2.05, 4.69) is 53.7 Å². The van der Waals surface area contributed by atoms with Crippen molar-refractivity contribution in [1.29, 1.82) is 0 Å². The monoisotopic (exact) mass is 323 g/mol. The first-order valence-electron chi connectivity index (χ1n) is 8.57. The van der Waals surface area contributed by atoms with E-state index in [1.807, 2.05) is 6.07 Å². The Labute approximate surface area is 143 Å². The van der Waals surface area contributed by atoms with E-state index < -0.39 is 0 Å². The number of carbonyl (C=O) groups is 1. The van der Waals surface area contributed by atoms with Gasteiger partial charge in [-0.2, -0.15) is 0 Å². The molecular formula is C20H25N3O. The molecule has 0 unspecified atom stereocenters. The molecule has 4 heteroatoms. The second kappa shape index (κ2) is 7.14. The molecule has 1 saturated heterocycles. The number of hydrogen-bond donors (Lipinski definition) is 2. The lowest BCUT2D eigenvalue weighted by molar-refractivity contribution is 0.0922. The van der Waals surface area contributed by atoms with E-state index in [1.54, 1.807) is 12.4 Å². The summed E-state index contributed by atoms with van der Waals surface area (Å²) in [7, 11) is 0. The topological polar surface area (TPSA) is 54.0 Å². The third-order valence-corrected chi connectivity index (χ3v) is 4.87. The molecule has 2 heterocycles. The van der Waals surface area contributed by atoms with Crippen LogP contribution in [-0.2, 0) is 0 Å². The van der Waals surface area contributed by atoms with E-state index in [-0.39, 0.29) is 11.3 Å². The number of rotatable bonds is 4. The number of hydrogen-bond acceptors (Lipinski definition) is 3. The smallest absolute Gasteiger partial charge is 0.252 e. The van der Waals surface area contributed by atoms with E-state index >= 15 is 0 Å². The van der Waals surface area contributed by atoms with Gasteiger partial charge in [-0.3, -0.25) is 9.78 Å². The number of nitrogens with one attached hydrogen (secondary N) is 2. The average Bonchev–Trinajstić information content (AvgIpc) is 2.61. The Morgan fingerprint density at radius 2 is 1.88 bits per heavy atom. The van der Waals surface area contributed by atoms with E-state index in [9.17, 15) is 4.79 Å². The summed E-state index contributed by atoms with van der Waals surface area (Å²) in [5.41, 5.74) is 4.06. The number of piperidine rings is 1. The van der Waals surface area contributed by atoms with Gasteiger partial charge < -0.3 is 10.6 Å². The molecule has 1 amide bonds. The molecule has 1 aromatic heterocycles. The van der Waals surface area contributed by atoms with Crippen LogP contribution in [-0.4, -0.2) is 30.5 Å². The molecule has 4 nitrogen and oxygen atoms in total. The lowest BCUT2D eigenvalue weighted by Crippen LogP contribution is -2.42. The van der Waals surface area contributed by atoms with Gasteiger partial charge in [-0.15, -0.1) is 0 Å². The maximum absolute atomic E-state index is 12.5. The van der Waals surface area contributed by atoms with Crippen molar-refractivity contribution >= 4 is 5.91 Å². The molecule has 0 saturated carbocycles. The van der Waals surface area contributed by atoms with Gasteiger partial charge in [0.05, 0.1) is 5.56 Å². The Bertz CT molecular complexity index is 703. The first kappa shape index (κ1) is 16.7. The number of amides is 1. The van der Waals surface area contributed by atoms with Crippen molar-refractivity contribution in [3.8, 4) is 11.1 Å². The number of pyridine rings is 1. The Balaban J connectivity index is 1.69. The molecule has 1 aromatic carbocycles. The quantitative estimate of drug-likeness (QED) is 0.908. The van der Waals surface area contributed by atoms with Crippen molar-refractivity contribution < 1.29 is 4.79 Å². The van der Waals surface area contributed by atoms with E-state index in [0.717, 1.165) is 37.1 Å². The lowest BCUT2D eigenvalue weighted by Gasteiger charge is -2.34. The summed E-state index contributed by atoms with van der Waals surface area (Å²) in [5.74, 6) is -0.0452. The summed E-state index contributed by atoms with van der Waals surface area (Å²) in [6.45, 7) is 7.07. The highest BCUT2D eigenvalue weighted by Crippen LogP contribution is 2.27. The zero-order valence-corrected chi connectivity index (χ0v) is 14.4. The fourth-order valence-electron chi connectivity index (χ4n) is 3.07. The molecule has 2 aromatic rings. The van der Waals surface area contributed by atoms with Crippen LogP contribution < -0.4 is 10.6 Å². The second-order valence-electron chi connectivity index (χ2n) is 7.07. The van der Waals surface area contributed by atoms with Gasteiger partial charge in [0, 0.05) is 24.5 Å². The molecule has 2 N–H and O–H groups in total. The van der Waals surface area contributed by atoms with Gasteiger partial charge in [0.25, 0.3) is 5.91 Å². The molecule has 0 atom stereocenters. The Morgan fingerprint density at radius 3 is 2.58 bits per heavy atom. The normalized spacial score (nSPS) is 16.6. The Kier molecular flexibility index (Phi) is 4.95. The summed E-state index contributed by atoms with van der Waals surface area (Å²) in [6, 6.07) is 10.2. The minimum atomic E-state index is -0.0452. The summed E-state index contributed by atoms with van der Waals surface area (Å²) in [5, 5.41) is 6.46. The largest absolute Gasteiger partial charge is 0.351 e. The summed E-state index contributed by atoms with van der Waals surface area (Å²) >= 11 is 0. The van der Waals surface area contributed by atoms with Crippen LogP contribution in [0.3, 0.4) is 0 Å². The zero-order valence-electron chi connectivity index (χ0n) is 14.4. The third kappa shape index (κ3) is 4.01. The molecule has 0 spiro atoms. The van der Waals surface area contributed by atoms with E-state index in [0.29, 0.717) is 12.1 Å². The third-order valence-electron chi connectivity index (χ3n) is 4.87. The molecule has 24 heavy (non-hydrogen) atoms. The van der Waals surface area contributed by atoms with Crippen molar-refractivity contribution in [3.05, 3.63) is 53.9 Å². The summed E-state index contributed by atoms with van der Waals surface area (Å²) < 4.78 is 0. The molecule has 3 rings (SSSR count). The second-order valence-corrected chi connectivity index (χ2v) is 7.07. The standard InChI is InChI=1S/C20H25N3O/c1-15-3-5-16(6-4-15)17-11-18(13-22-12-17)19(24)23-14-20(2)7-9-21-10-8-20/h3-6,11-13,21H,7-10,14H2,1-2H3,(H,23,24). The van der Waals surface area contributed by atoms with Crippen molar-refractivity contribution in [1.82, 2.24) is 15.6 Å². The maximum atomic E-state index is 12.5. The van der Waals surface area contributed by atoms with Crippen molar-refractivity contribution in [3.63, 3.8) is 0 Å². The van der Waals surface area contributed by atoms with Crippen LogP contribution in [0, 0.1) is 12.3 Å². The minimum absolute atomic E-state index is 0.0452. The van der Waals surface area contributed by atoms with Gasteiger partial charge in [-0.1, -0.05) is 36.8 Å². The fraction of sp³-hybridized carbons (Fsp3) is 0.400. The van der Waals surface area contributed by atoms with Gasteiger partial charge in [-0.25, -0.2) is 0 Å². The molecular weight excluding hydrogens is 298 g/mol. The summed E-state index contributed by atoms with van der Waals surface area (Å²) in [4.78, 5) is 16.7. The maximum Gasteiger partial charge on any atom is 0.252 e. The van der Waals surface area contributed by atoms with Crippen LogP contribution in [0.2, 0.25) is 0 Å². The van der Waals surface area contributed by atoms with Gasteiger partial charge in [0.2, 0.25) is 0 Å². The Morgan fingerprint density at radius 1 is 1.17 bits per heavy atom. The first-order chi connectivity index (χ1) is 11.6. The van der Waals surface area contributed by atoms with E-state index in [1.165, 1.54) is 5.56 Å². The first-order valence-corrected chi connectivity index (χ1v) is 8.57. The molecule has 1 aliphatic rings. The van der Waals surface area contributed by atoms with Crippen LogP contribution in [0.4, 0.5) is 0 Å². The van der Waals surface area contributed by atoms with E-state index in [4.69, 9.17) is 0 Å². The van der Waals surface area contributed by atoms with Gasteiger partial charge in [-0.05, 0) is 49.9 Å². The zero-order chi connectivity index (χ0) is 17.0. The van der Waals surface area contributed by atoms with Crippen molar-refractivity contribution in [2.24, 2.45) is 5.41 Å². The number of benzene rings is 1. The Hall–Kier alpha value is -2.20. The molecule has 0 aliphatic carbocycles. The highest BCUT2D eigenvalue weighted by atomic mass is 16.1. The van der Waals surface area contributed by atoms with Crippen LogP contribution >= 0.6 is 0 Å². The van der Waals surface area contributed by atoms with Crippen LogP contribution in [0.15, 0.2) is 42.7 Å². The fourth-order valence-corrected chi connectivity index (χ4v) is 3.07. The predicted octanol–water partition coefficient (Wildman–Crippen LogP) is 3.18. The highest BCUT2D eigenvalue weighted by Gasteiger charge is 2.27. The van der Waals surface area contributed by atoms with Crippen molar-refractivity contribution in [2.45, 2.75) is 26.7 Å². The van der Waals surface area contributed by atoms with Crippen molar-refractivity contribution in [2.75, 3.05) is 19.6 Å². The average molecular weight is 323 g/mol. The molecule has 1 fully saturated rings.